The topological polar surface area (TPSA) is 90.3 Å². The van der Waals surface area contributed by atoms with Gasteiger partial charge in [0.2, 0.25) is 5.95 Å². The van der Waals surface area contributed by atoms with E-state index in [2.05, 4.69) is 36.6 Å². The van der Waals surface area contributed by atoms with Gasteiger partial charge in [-0.25, -0.2) is 4.68 Å². The Morgan fingerprint density at radius 2 is 1.81 bits per heavy atom. The fraction of sp³-hybridized carbons (Fsp3) is 0.179. The van der Waals surface area contributed by atoms with Crippen molar-refractivity contribution < 1.29 is 14.3 Å². The minimum Gasteiger partial charge on any atom is -0.490 e. The summed E-state index contributed by atoms with van der Waals surface area (Å²) >= 11 is 3.68. The van der Waals surface area contributed by atoms with Crippen LogP contribution in [0.25, 0.3) is 0 Å². The lowest BCUT2D eigenvalue weighted by Gasteiger charge is -2.29. The lowest BCUT2D eigenvalue weighted by molar-refractivity contribution is -0.113. The van der Waals surface area contributed by atoms with Crippen molar-refractivity contribution in [3.8, 4) is 11.5 Å². The van der Waals surface area contributed by atoms with Gasteiger partial charge in [-0.15, -0.1) is 0 Å². The number of aromatic nitrogens is 3. The number of ether oxygens (including phenoxy) is 2. The van der Waals surface area contributed by atoms with Crippen molar-refractivity contribution in [2.75, 3.05) is 17.2 Å². The zero-order valence-corrected chi connectivity index (χ0v) is 22.0. The Kier molecular flexibility index (Phi) is 7.23. The van der Waals surface area contributed by atoms with Gasteiger partial charge in [-0.3, -0.25) is 4.79 Å². The molecular formula is C28H26BrN5O3. The van der Waals surface area contributed by atoms with Gasteiger partial charge < -0.3 is 20.1 Å². The molecule has 9 heteroatoms. The second-order valence-corrected chi connectivity index (χ2v) is 9.31. The molecular weight excluding hydrogens is 534 g/mol. The molecule has 2 N–H and O–H groups in total. The number of para-hydroxylation sites is 1. The summed E-state index contributed by atoms with van der Waals surface area (Å²) in [5, 5.41) is 10.6. The van der Waals surface area contributed by atoms with Crippen LogP contribution in [0.2, 0.25) is 0 Å². The number of amides is 1. The van der Waals surface area contributed by atoms with Crippen molar-refractivity contribution >= 4 is 33.5 Å². The highest BCUT2D eigenvalue weighted by atomic mass is 79.9. The average Bonchev–Trinajstić information content (AvgIpc) is 3.36. The molecule has 1 atom stereocenters. The van der Waals surface area contributed by atoms with Crippen molar-refractivity contribution in [3.63, 3.8) is 0 Å². The van der Waals surface area contributed by atoms with Crippen LogP contribution in [0.4, 0.5) is 11.6 Å². The lowest BCUT2D eigenvalue weighted by atomic mass is 9.94. The largest absolute Gasteiger partial charge is 0.490 e. The van der Waals surface area contributed by atoms with Gasteiger partial charge >= 0.3 is 0 Å². The third-order valence-electron chi connectivity index (χ3n) is 5.94. The molecule has 3 aromatic carbocycles. The van der Waals surface area contributed by atoms with E-state index in [9.17, 15) is 4.79 Å². The summed E-state index contributed by atoms with van der Waals surface area (Å²) < 4.78 is 14.6. The molecule has 0 spiro atoms. The highest BCUT2D eigenvalue weighted by molar-refractivity contribution is 9.10. The fourth-order valence-electron chi connectivity index (χ4n) is 4.29. The monoisotopic (exact) mass is 559 g/mol. The van der Waals surface area contributed by atoms with Gasteiger partial charge in [0.1, 0.15) is 19.0 Å². The standard InChI is InChI=1S/C28H26BrN5O3/c1-3-36-23-15-20(14-22(29)26(23)37-16-19-10-6-4-7-11-19)25-24(18(2)32-28-30-17-31-34(25)28)27(35)33-21-12-8-5-9-13-21/h4-15,17,25H,3,16H2,1-2H3,(H,33,35)(H,30,31,32). The molecule has 1 unspecified atom stereocenters. The fourth-order valence-corrected chi connectivity index (χ4v) is 4.87. The first-order valence-corrected chi connectivity index (χ1v) is 12.7. The third kappa shape index (κ3) is 5.22. The van der Waals surface area contributed by atoms with Crippen LogP contribution in [0.1, 0.15) is 31.0 Å². The number of hydrogen-bond acceptors (Lipinski definition) is 6. The van der Waals surface area contributed by atoms with Crippen LogP contribution in [-0.2, 0) is 11.4 Å². The van der Waals surface area contributed by atoms with E-state index in [0.29, 0.717) is 52.1 Å². The molecule has 0 aliphatic carbocycles. The molecule has 37 heavy (non-hydrogen) atoms. The van der Waals surface area contributed by atoms with Crippen LogP contribution in [0.15, 0.2) is 94.9 Å². The van der Waals surface area contributed by atoms with Gasteiger partial charge in [0, 0.05) is 11.4 Å². The van der Waals surface area contributed by atoms with Crippen LogP contribution >= 0.6 is 15.9 Å². The molecule has 1 aliphatic rings. The van der Waals surface area contributed by atoms with Gasteiger partial charge in [0.15, 0.2) is 11.5 Å². The third-order valence-corrected chi connectivity index (χ3v) is 6.53. The van der Waals surface area contributed by atoms with Gasteiger partial charge in [-0.1, -0.05) is 48.5 Å². The van der Waals surface area contributed by atoms with Crippen molar-refractivity contribution in [3.05, 3.63) is 106 Å². The summed E-state index contributed by atoms with van der Waals surface area (Å²) in [7, 11) is 0. The van der Waals surface area contributed by atoms with Crippen molar-refractivity contribution in [2.45, 2.75) is 26.5 Å². The Morgan fingerprint density at radius 3 is 2.54 bits per heavy atom. The lowest BCUT2D eigenvalue weighted by Crippen LogP contribution is -2.31. The Balaban J connectivity index is 1.54. The van der Waals surface area contributed by atoms with E-state index in [0.717, 1.165) is 11.1 Å². The molecule has 0 saturated heterocycles. The second-order valence-electron chi connectivity index (χ2n) is 8.45. The number of allylic oxidation sites excluding steroid dienone is 1. The summed E-state index contributed by atoms with van der Waals surface area (Å²) in [5.74, 6) is 1.49. The minimum absolute atomic E-state index is 0.235. The van der Waals surface area contributed by atoms with E-state index >= 15 is 0 Å². The second kappa shape index (κ2) is 10.9. The molecule has 188 valence electrons. The van der Waals surface area contributed by atoms with Crippen molar-refractivity contribution in [1.82, 2.24) is 14.8 Å². The maximum absolute atomic E-state index is 13.6. The zero-order chi connectivity index (χ0) is 25.8. The number of rotatable bonds is 8. The molecule has 0 saturated carbocycles. The van der Waals surface area contributed by atoms with E-state index in [1.807, 2.05) is 86.6 Å². The van der Waals surface area contributed by atoms with E-state index in [4.69, 9.17) is 9.47 Å². The van der Waals surface area contributed by atoms with Crippen LogP contribution in [0, 0.1) is 0 Å². The molecule has 1 amide bonds. The molecule has 5 rings (SSSR count). The highest BCUT2D eigenvalue weighted by Gasteiger charge is 2.34. The summed E-state index contributed by atoms with van der Waals surface area (Å²) in [6, 6.07) is 22.6. The molecule has 1 aromatic heterocycles. The predicted molar refractivity (Wildman–Crippen MR) is 146 cm³/mol. The number of nitrogens with zero attached hydrogens (tertiary/aromatic N) is 3. The Labute approximate surface area is 223 Å². The molecule has 0 radical (unpaired) electrons. The van der Waals surface area contributed by atoms with Gasteiger partial charge in [0.25, 0.3) is 5.91 Å². The highest BCUT2D eigenvalue weighted by Crippen LogP contribution is 2.43. The molecule has 2 heterocycles. The number of hydrogen-bond donors (Lipinski definition) is 2. The smallest absolute Gasteiger partial charge is 0.255 e. The predicted octanol–water partition coefficient (Wildman–Crippen LogP) is 5.95. The van der Waals surface area contributed by atoms with Crippen LogP contribution < -0.4 is 20.1 Å². The Morgan fingerprint density at radius 1 is 1.08 bits per heavy atom. The number of carbonyl (C=O) groups excluding carboxylic acids is 1. The molecule has 0 fully saturated rings. The number of carbonyl (C=O) groups is 1. The van der Waals surface area contributed by atoms with E-state index in [1.165, 1.54) is 6.33 Å². The molecule has 4 aromatic rings. The summed E-state index contributed by atoms with van der Waals surface area (Å²) in [6.45, 7) is 4.63. The maximum atomic E-state index is 13.6. The van der Waals surface area contributed by atoms with Crippen LogP contribution in [-0.4, -0.2) is 27.3 Å². The molecule has 0 bridgehead atoms. The van der Waals surface area contributed by atoms with Crippen molar-refractivity contribution in [2.24, 2.45) is 0 Å². The summed E-state index contributed by atoms with van der Waals surface area (Å²) in [4.78, 5) is 17.9. The Hall–Kier alpha value is -4.11. The number of nitrogens with one attached hydrogen (secondary N) is 2. The summed E-state index contributed by atoms with van der Waals surface area (Å²) in [5.41, 5.74) is 3.77. The minimum atomic E-state index is -0.541. The number of halogens is 1. The van der Waals surface area contributed by atoms with Crippen molar-refractivity contribution in [1.29, 1.82) is 0 Å². The molecule has 8 nitrogen and oxygen atoms in total. The quantitative estimate of drug-likeness (QED) is 0.277. The van der Waals surface area contributed by atoms with Crippen LogP contribution in [0.5, 0.6) is 11.5 Å². The van der Waals surface area contributed by atoms with E-state index < -0.39 is 6.04 Å². The average molecular weight is 560 g/mol. The van der Waals surface area contributed by atoms with Gasteiger partial charge in [-0.2, -0.15) is 10.1 Å². The van der Waals surface area contributed by atoms with Gasteiger partial charge in [-0.05, 0) is 65.2 Å². The zero-order valence-electron chi connectivity index (χ0n) is 20.4. The number of fused-ring (bicyclic) bond motifs is 1. The number of anilines is 2. The van der Waals surface area contributed by atoms with Gasteiger partial charge in [0.05, 0.1) is 16.7 Å². The first-order chi connectivity index (χ1) is 18.0. The maximum Gasteiger partial charge on any atom is 0.255 e. The normalized spacial score (nSPS) is 14.5. The number of benzene rings is 3. The summed E-state index contributed by atoms with van der Waals surface area (Å²) in [6.07, 6.45) is 1.47. The first-order valence-electron chi connectivity index (χ1n) is 11.9. The van der Waals surface area contributed by atoms with E-state index in [1.54, 1.807) is 4.68 Å². The molecule has 1 aliphatic heterocycles. The van der Waals surface area contributed by atoms with E-state index in [-0.39, 0.29) is 5.91 Å². The Bertz CT molecular complexity index is 1440. The SMILES string of the molecule is CCOc1cc(C2C(C(=O)Nc3ccccc3)=C(C)Nc3ncnn32)cc(Br)c1OCc1ccccc1. The van der Waals surface area contributed by atoms with Crippen LogP contribution in [0.3, 0.4) is 0 Å². The first kappa shape index (κ1) is 24.6.